The van der Waals surface area contributed by atoms with Gasteiger partial charge in [0.15, 0.2) is 11.5 Å². The zero-order valence-corrected chi connectivity index (χ0v) is 18.0. The van der Waals surface area contributed by atoms with Crippen molar-refractivity contribution in [3.8, 4) is 11.5 Å². The van der Waals surface area contributed by atoms with Crippen LogP contribution in [0.5, 0.6) is 11.5 Å². The summed E-state index contributed by atoms with van der Waals surface area (Å²) in [6.45, 7) is 8.82. The summed E-state index contributed by atoms with van der Waals surface area (Å²) in [5, 5.41) is 2.98. The fourth-order valence-electron chi connectivity index (χ4n) is 3.35. The third-order valence-corrected chi connectivity index (χ3v) is 5.04. The van der Waals surface area contributed by atoms with Gasteiger partial charge in [0.25, 0.3) is 0 Å². The number of carbonyl (C=O) groups is 1. The largest absolute Gasteiger partial charge is 0.493 e. The second kappa shape index (κ2) is 11.9. The van der Waals surface area contributed by atoms with Crippen LogP contribution in [0.1, 0.15) is 16.7 Å². The van der Waals surface area contributed by atoms with Gasteiger partial charge in [-0.25, -0.2) is 0 Å². The van der Waals surface area contributed by atoms with E-state index in [0.717, 1.165) is 44.0 Å². The quantitative estimate of drug-likeness (QED) is 0.470. The number of carbonyl (C=O) groups excluding carboxylic acids is 1. The maximum Gasteiger partial charge on any atom is 0.244 e. The topological polar surface area (TPSA) is 60.0 Å². The summed E-state index contributed by atoms with van der Waals surface area (Å²) in [6.07, 6.45) is 4.97. The monoisotopic (exact) mass is 422 g/mol. The number of nitrogens with zero attached hydrogens (tertiary/aromatic N) is 1. The van der Waals surface area contributed by atoms with Crippen molar-refractivity contribution in [2.75, 3.05) is 40.0 Å². The molecule has 31 heavy (non-hydrogen) atoms. The molecule has 1 aliphatic heterocycles. The molecule has 1 fully saturated rings. The van der Waals surface area contributed by atoms with Crippen LogP contribution >= 0.6 is 0 Å². The summed E-state index contributed by atoms with van der Waals surface area (Å²) >= 11 is 0. The number of hydrogen-bond donors (Lipinski definition) is 1. The molecule has 0 atom stereocenters. The first-order valence-corrected chi connectivity index (χ1v) is 10.4. The van der Waals surface area contributed by atoms with E-state index in [1.807, 2.05) is 30.3 Å². The van der Waals surface area contributed by atoms with Gasteiger partial charge in [0, 0.05) is 32.3 Å². The molecule has 0 spiro atoms. The maximum absolute atomic E-state index is 12.4. The van der Waals surface area contributed by atoms with E-state index in [9.17, 15) is 4.79 Å². The van der Waals surface area contributed by atoms with Crippen molar-refractivity contribution in [3.05, 3.63) is 77.9 Å². The Hall–Kier alpha value is -3.09. The average molecular weight is 423 g/mol. The van der Waals surface area contributed by atoms with Crippen LogP contribution in [0.3, 0.4) is 0 Å². The molecule has 1 aliphatic rings. The molecule has 0 radical (unpaired) electrons. The van der Waals surface area contributed by atoms with Crippen molar-refractivity contribution in [2.24, 2.45) is 0 Å². The molecule has 0 aliphatic carbocycles. The SMILES string of the molecule is C=CCOc1ccc(/C=C/C(=O)NCc2ccccc2CN2CCOCC2)cc1OC. The Kier molecular flexibility index (Phi) is 8.70. The standard InChI is InChI=1S/C25H30N2O4/c1-3-14-31-23-10-8-20(17-24(23)29-2)9-11-25(28)26-18-21-6-4-5-7-22(21)19-27-12-15-30-16-13-27/h3-11,17H,1,12-16,18-19H2,2H3,(H,26,28)/b11-9+. The van der Waals surface area contributed by atoms with Gasteiger partial charge < -0.3 is 19.5 Å². The molecule has 6 heteroatoms. The average Bonchev–Trinajstić information content (AvgIpc) is 2.81. The van der Waals surface area contributed by atoms with E-state index in [0.29, 0.717) is 24.7 Å². The van der Waals surface area contributed by atoms with Gasteiger partial charge in [0.05, 0.1) is 20.3 Å². The van der Waals surface area contributed by atoms with E-state index in [1.54, 1.807) is 19.3 Å². The molecular weight excluding hydrogens is 392 g/mol. The molecule has 1 amide bonds. The van der Waals surface area contributed by atoms with Crippen LogP contribution in [0.4, 0.5) is 0 Å². The molecular formula is C25H30N2O4. The van der Waals surface area contributed by atoms with Crippen molar-refractivity contribution in [1.29, 1.82) is 0 Å². The summed E-state index contributed by atoms with van der Waals surface area (Å²) in [5.74, 6) is 1.11. The number of nitrogens with one attached hydrogen (secondary N) is 1. The van der Waals surface area contributed by atoms with E-state index in [-0.39, 0.29) is 5.91 Å². The van der Waals surface area contributed by atoms with Crippen molar-refractivity contribution < 1.29 is 19.0 Å². The first-order valence-electron chi connectivity index (χ1n) is 10.4. The Bertz CT molecular complexity index is 904. The lowest BCUT2D eigenvalue weighted by Crippen LogP contribution is -2.36. The molecule has 0 unspecified atom stereocenters. The minimum atomic E-state index is -0.146. The smallest absolute Gasteiger partial charge is 0.244 e. The van der Waals surface area contributed by atoms with Gasteiger partial charge >= 0.3 is 0 Å². The highest BCUT2D eigenvalue weighted by molar-refractivity contribution is 5.91. The van der Waals surface area contributed by atoms with E-state index < -0.39 is 0 Å². The predicted octanol–water partition coefficient (Wildman–Crippen LogP) is 3.42. The summed E-state index contributed by atoms with van der Waals surface area (Å²) in [7, 11) is 1.59. The van der Waals surface area contributed by atoms with Crippen LogP contribution in [0.25, 0.3) is 6.08 Å². The third-order valence-electron chi connectivity index (χ3n) is 5.04. The Labute approximate surface area is 184 Å². The van der Waals surface area contributed by atoms with E-state index >= 15 is 0 Å². The maximum atomic E-state index is 12.4. The van der Waals surface area contributed by atoms with Gasteiger partial charge in [0.1, 0.15) is 6.61 Å². The zero-order valence-electron chi connectivity index (χ0n) is 18.0. The van der Waals surface area contributed by atoms with E-state index in [1.165, 1.54) is 11.6 Å². The molecule has 2 aromatic rings. The van der Waals surface area contributed by atoms with E-state index in [4.69, 9.17) is 14.2 Å². The minimum absolute atomic E-state index is 0.146. The van der Waals surface area contributed by atoms with Gasteiger partial charge in [0.2, 0.25) is 5.91 Å². The zero-order chi connectivity index (χ0) is 21.9. The third kappa shape index (κ3) is 6.98. The lowest BCUT2D eigenvalue weighted by atomic mass is 10.1. The molecule has 1 N–H and O–H groups in total. The van der Waals surface area contributed by atoms with Crippen LogP contribution in [-0.4, -0.2) is 50.8 Å². The highest BCUT2D eigenvalue weighted by Crippen LogP contribution is 2.28. The van der Waals surface area contributed by atoms with Gasteiger partial charge in [-0.2, -0.15) is 0 Å². The summed E-state index contributed by atoms with van der Waals surface area (Å²) in [4.78, 5) is 14.7. The first kappa shape index (κ1) is 22.6. The highest BCUT2D eigenvalue weighted by atomic mass is 16.5. The second-order valence-electron chi connectivity index (χ2n) is 7.22. The highest BCUT2D eigenvalue weighted by Gasteiger charge is 2.13. The molecule has 6 nitrogen and oxygen atoms in total. The molecule has 1 heterocycles. The molecule has 164 valence electrons. The Morgan fingerprint density at radius 2 is 1.94 bits per heavy atom. The van der Waals surface area contributed by atoms with Crippen molar-refractivity contribution in [1.82, 2.24) is 10.2 Å². The number of benzene rings is 2. The van der Waals surface area contributed by atoms with Crippen molar-refractivity contribution >= 4 is 12.0 Å². The number of methoxy groups -OCH3 is 1. The van der Waals surface area contributed by atoms with Crippen LogP contribution in [0, 0.1) is 0 Å². The van der Waals surface area contributed by atoms with Gasteiger partial charge in [-0.15, -0.1) is 0 Å². The second-order valence-corrected chi connectivity index (χ2v) is 7.22. The minimum Gasteiger partial charge on any atom is -0.493 e. The molecule has 2 aromatic carbocycles. The van der Waals surface area contributed by atoms with Crippen LogP contribution < -0.4 is 14.8 Å². The molecule has 0 bridgehead atoms. The van der Waals surface area contributed by atoms with E-state index in [2.05, 4.69) is 28.9 Å². The number of ether oxygens (including phenoxy) is 3. The molecule has 0 saturated carbocycles. The normalized spacial score (nSPS) is 14.4. The molecule has 3 rings (SSSR count). The fourth-order valence-corrected chi connectivity index (χ4v) is 3.35. The molecule has 1 saturated heterocycles. The summed E-state index contributed by atoms with van der Waals surface area (Å²) < 4.78 is 16.3. The number of hydrogen-bond acceptors (Lipinski definition) is 5. The number of morpholine rings is 1. The van der Waals surface area contributed by atoms with Crippen LogP contribution in [0.2, 0.25) is 0 Å². The van der Waals surface area contributed by atoms with Gasteiger partial charge in [-0.05, 0) is 34.9 Å². The number of amides is 1. The lowest BCUT2D eigenvalue weighted by Gasteiger charge is -2.27. The Balaban J connectivity index is 1.56. The Morgan fingerprint density at radius 1 is 1.16 bits per heavy atom. The van der Waals surface area contributed by atoms with Crippen LogP contribution in [0.15, 0.2) is 61.2 Å². The lowest BCUT2D eigenvalue weighted by molar-refractivity contribution is -0.116. The van der Waals surface area contributed by atoms with Gasteiger partial charge in [-0.3, -0.25) is 9.69 Å². The predicted molar refractivity (Wildman–Crippen MR) is 122 cm³/mol. The summed E-state index contributed by atoms with van der Waals surface area (Å²) in [5.41, 5.74) is 3.21. The first-order chi connectivity index (χ1) is 15.2. The summed E-state index contributed by atoms with van der Waals surface area (Å²) in [6, 6.07) is 13.8. The van der Waals surface area contributed by atoms with Crippen LogP contribution in [-0.2, 0) is 22.6 Å². The van der Waals surface area contributed by atoms with Crippen molar-refractivity contribution in [2.45, 2.75) is 13.1 Å². The van der Waals surface area contributed by atoms with Crippen molar-refractivity contribution in [3.63, 3.8) is 0 Å². The van der Waals surface area contributed by atoms with Gasteiger partial charge in [-0.1, -0.05) is 43.0 Å². The number of rotatable bonds is 10. The molecule has 0 aromatic heterocycles. The fraction of sp³-hybridized carbons (Fsp3) is 0.320. The Morgan fingerprint density at radius 3 is 2.68 bits per heavy atom.